The third-order valence-electron chi connectivity index (χ3n) is 4.66. The summed E-state index contributed by atoms with van der Waals surface area (Å²) in [6.45, 7) is 0. The number of nitrogens with one attached hydrogen (secondary N) is 1. The Balaban J connectivity index is 1.55. The molecule has 0 amide bonds. The minimum absolute atomic E-state index is 0.952. The largest absolute Gasteiger partial charge is 0.355 e. The van der Waals surface area contributed by atoms with E-state index in [0.29, 0.717) is 0 Å². The third kappa shape index (κ3) is 3.58. The molecular formula is C26H15N3. The molecule has 0 fully saturated rings. The quantitative estimate of drug-likeness (QED) is 0.394. The van der Waals surface area contributed by atoms with Gasteiger partial charge in [-0.1, -0.05) is 23.7 Å². The maximum absolute atomic E-state index is 4.03. The standard InChI is InChI=1S/C26H15N3/c1(19-9-13-27-14-10-19)3-21-5-7-25-23(17-21)24-18-22(6-8-26(24)29-25)4-2-20-11-15-28-16-12-20/h5-18,29H. The Labute approximate surface area is 168 Å². The summed E-state index contributed by atoms with van der Waals surface area (Å²) in [5.41, 5.74) is 6.04. The fourth-order valence-corrected chi connectivity index (χ4v) is 3.21. The monoisotopic (exact) mass is 369 g/mol. The molecule has 3 heterocycles. The fraction of sp³-hybridized carbons (Fsp3) is 0. The number of rotatable bonds is 0. The Hall–Kier alpha value is -4.34. The average molecular weight is 369 g/mol. The summed E-state index contributed by atoms with van der Waals surface area (Å²) >= 11 is 0. The first-order valence-electron chi connectivity index (χ1n) is 9.25. The first-order chi connectivity index (χ1) is 14.3. The lowest BCUT2D eigenvalue weighted by Crippen LogP contribution is -1.78. The number of aromatic amines is 1. The zero-order chi connectivity index (χ0) is 19.5. The van der Waals surface area contributed by atoms with Gasteiger partial charge in [-0.15, -0.1) is 0 Å². The number of pyridine rings is 2. The minimum atomic E-state index is 0.952. The predicted octanol–water partition coefficient (Wildman–Crippen LogP) is 4.91. The molecule has 29 heavy (non-hydrogen) atoms. The molecule has 134 valence electrons. The van der Waals surface area contributed by atoms with E-state index in [9.17, 15) is 0 Å². The summed E-state index contributed by atoms with van der Waals surface area (Å²) in [5, 5.41) is 2.29. The molecule has 0 atom stereocenters. The molecule has 3 heteroatoms. The topological polar surface area (TPSA) is 41.6 Å². The van der Waals surface area contributed by atoms with Gasteiger partial charge in [-0.3, -0.25) is 9.97 Å². The molecule has 5 rings (SSSR count). The van der Waals surface area contributed by atoms with Crippen LogP contribution in [0.15, 0.2) is 85.5 Å². The van der Waals surface area contributed by atoms with E-state index in [1.807, 2.05) is 36.4 Å². The Bertz CT molecular complexity index is 1330. The van der Waals surface area contributed by atoms with E-state index in [1.165, 1.54) is 0 Å². The van der Waals surface area contributed by atoms with Gasteiger partial charge in [0.05, 0.1) is 0 Å². The molecule has 0 aliphatic carbocycles. The van der Waals surface area contributed by atoms with E-state index in [1.54, 1.807) is 24.8 Å². The van der Waals surface area contributed by atoms with Gasteiger partial charge in [0.25, 0.3) is 0 Å². The molecule has 1 N–H and O–H groups in total. The lowest BCUT2D eigenvalue weighted by atomic mass is 10.1. The van der Waals surface area contributed by atoms with Crippen LogP contribution in [-0.2, 0) is 0 Å². The van der Waals surface area contributed by atoms with Crippen LogP contribution in [-0.4, -0.2) is 15.0 Å². The number of H-pyrrole nitrogens is 1. The number of fused-ring (bicyclic) bond motifs is 3. The maximum Gasteiger partial charge on any atom is 0.0465 e. The number of hydrogen-bond donors (Lipinski definition) is 1. The van der Waals surface area contributed by atoms with Crippen molar-refractivity contribution in [1.29, 1.82) is 0 Å². The van der Waals surface area contributed by atoms with Crippen LogP contribution in [0.25, 0.3) is 21.8 Å². The van der Waals surface area contributed by atoms with Gasteiger partial charge in [-0.05, 0) is 60.7 Å². The molecule has 0 saturated carbocycles. The molecule has 0 saturated heterocycles. The SMILES string of the molecule is C(#Cc1ccc2[nH]c3ccc(C#Cc4ccncc4)cc3c2c1)c1ccncc1. The summed E-state index contributed by atoms with van der Waals surface area (Å²) < 4.78 is 0. The number of benzene rings is 2. The highest BCUT2D eigenvalue weighted by Gasteiger charge is 2.05. The van der Waals surface area contributed by atoms with E-state index in [-0.39, 0.29) is 0 Å². The summed E-state index contributed by atoms with van der Waals surface area (Å²) in [6.07, 6.45) is 7.01. The highest BCUT2D eigenvalue weighted by Crippen LogP contribution is 2.27. The van der Waals surface area contributed by atoms with Crippen LogP contribution >= 0.6 is 0 Å². The summed E-state index contributed by atoms with van der Waals surface area (Å²) in [6, 6.07) is 20.1. The van der Waals surface area contributed by atoms with E-state index in [4.69, 9.17) is 0 Å². The number of nitrogens with zero attached hydrogens (tertiary/aromatic N) is 2. The molecular weight excluding hydrogens is 354 g/mol. The van der Waals surface area contributed by atoms with E-state index in [2.05, 4.69) is 62.9 Å². The van der Waals surface area contributed by atoms with E-state index >= 15 is 0 Å². The molecule has 2 aromatic carbocycles. The molecule has 0 unspecified atom stereocenters. The van der Waals surface area contributed by atoms with Gasteiger partial charge in [0.15, 0.2) is 0 Å². The highest BCUT2D eigenvalue weighted by molar-refractivity contribution is 6.08. The second-order valence-corrected chi connectivity index (χ2v) is 6.62. The van der Waals surface area contributed by atoms with Crippen molar-refractivity contribution in [2.45, 2.75) is 0 Å². The van der Waals surface area contributed by atoms with Crippen molar-refractivity contribution in [3.8, 4) is 23.7 Å². The van der Waals surface area contributed by atoms with Crippen molar-refractivity contribution < 1.29 is 0 Å². The van der Waals surface area contributed by atoms with Gasteiger partial charge in [0, 0.05) is 68.8 Å². The average Bonchev–Trinajstić information content (AvgIpc) is 3.15. The van der Waals surface area contributed by atoms with E-state index in [0.717, 1.165) is 44.1 Å². The molecule has 0 radical (unpaired) electrons. The molecule has 0 spiro atoms. The summed E-state index contributed by atoms with van der Waals surface area (Å²) in [7, 11) is 0. The molecule has 3 nitrogen and oxygen atoms in total. The lowest BCUT2D eigenvalue weighted by molar-refractivity contribution is 1.32. The predicted molar refractivity (Wildman–Crippen MR) is 116 cm³/mol. The van der Waals surface area contributed by atoms with Crippen LogP contribution in [0.2, 0.25) is 0 Å². The molecule has 0 aliphatic heterocycles. The summed E-state index contributed by atoms with van der Waals surface area (Å²) in [5.74, 6) is 12.9. The third-order valence-corrected chi connectivity index (χ3v) is 4.66. The normalized spacial score (nSPS) is 10.2. The van der Waals surface area contributed by atoms with Gasteiger partial charge in [-0.2, -0.15) is 0 Å². The molecule has 0 aliphatic rings. The van der Waals surface area contributed by atoms with Crippen LogP contribution < -0.4 is 0 Å². The van der Waals surface area contributed by atoms with Crippen LogP contribution in [0, 0.1) is 23.7 Å². The first-order valence-corrected chi connectivity index (χ1v) is 9.25. The van der Waals surface area contributed by atoms with Crippen molar-refractivity contribution in [2.75, 3.05) is 0 Å². The van der Waals surface area contributed by atoms with Crippen molar-refractivity contribution in [3.63, 3.8) is 0 Å². The lowest BCUT2D eigenvalue weighted by Gasteiger charge is -1.95. The van der Waals surface area contributed by atoms with Gasteiger partial charge >= 0.3 is 0 Å². The number of aromatic nitrogens is 3. The van der Waals surface area contributed by atoms with Crippen LogP contribution in [0.3, 0.4) is 0 Å². The number of hydrogen-bond acceptors (Lipinski definition) is 2. The smallest absolute Gasteiger partial charge is 0.0465 e. The second-order valence-electron chi connectivity index (χ2n) is 6.62. The summed E-state index contributed by atoms with van der Waals surface area (Å²) in [4.78, 5) is 11.5. The Morgan fingerprint density at radius 2 is 0.897 bits per heavy atom. The van der Waals surface area contributed by atoms with Gasteiger partial charge < -0.3 is 4.98 Å². The van der Waals surface area contributed by atoms with Crippen molar-refractivity contribution in [2.24, 2.45) is 0 Å². The van der Waals surface area contributed by atoms with Crippen molar-refractivity contribution in [3.05, 3.63) is 108 Å². The Morgan fingerprint density at radius 3 is 1.34 bits per heavy atom. The molecule has 3 aromatic heterocycles. The fourth-order valence-electron chi connectivity index (χ4n) is 3.21. The Morgan fingerprint density at radius 1 is 0.483 bits per heavy atom. The second kappa shape index (κ2) is 7.35. The minimum Gasteiger partial charge on any atom is -0.355 e. The first kappa shape index (κ1) is 16.8. The van der Waals surface area contributed by atoms with Gasteiger partial charge in [0.2, 0.25) is 0 Å². The van der Waals surface area contributed by atoms with Gasteiger partial charge in [-0.25, -0.2) is 0 Å². The molecule has 5 aromatic rings. The highest BCUT2D eigenvalue weighted by atomic mass is 14.7. The van der Waals surface area contributed by atoms with Crippen LogP contribution in [0.5, 0.6) is 0 Å². The zero-order valence-electron chi connectivity index (χ0n) is 15.5. The Kier molecular flexibility index (Phi) is 4.26. The van der Waals surface area contributed by atoms with Crippen molar-refractivity contribution >= 4 is 21.8 Å². The van der Waals surface area contributed by atoms with Crippen LogP contribution in [0.1, 0.15) is 22.3 Å². The van der Waals surface area contributed by atoms with E-state index < -0.39 is 0 Å². The van der Waals surface area contributed by atoms with Gasteiger partial charge in [0.1, 0.15) is 0 Å². The maximum atomic E-state index is 4.03. The van der Waals surface area contributed by atoms with Crippen molar-refractivity contribution in [1.82, 2.24) is 15.0 Å². The molecule has 0 bridgehead atoms. The van der Waals surface area contributed by atoms with Crippen LogP contribution in [0.4, 0.5) is 0 Å². The zero-order valence-corrected chi connectivity index (χ0v) is 15.5.